The number of nitrogens with one attached hydrogen (secondary N) is 1. The standard InChI is InChI=1S/C13H14BrFN2S/c1-7-13(18-9(3)16-7)8(2)17-10-4-5-12(15)11(14)6-10/h4-6,8,17H,1-3H3. The molecule has 0 bridgehead atoms. The lowest BCUT2D eigenvalue weighted by Gasteiger charge is -2.14. The topological polar surface area (TPSA) is 24.9 Å². The van der Waals surface area contributed by atoms with Crippen molar-refractivity contribution in [2.45, 2.75) is 26.8 Å². The SMILES string of the molecule is Cc1nc(C)c(C(C)Nc2ccc(F)c(Br)c2)s1. The van der Waals surface area contributed by atoms with E-state index in [1.54, 1.807) is 23.5 Å². The molecule has 0 aliphatic heterocycles. The number of aromatic nitrogens is 1. The molecule has 1 aromatic carbocycles. The first-order valence-electron chi connectivity index (χ1n) is 5.63. The molecule has 0 amide bonds. The highest BCUT2D eigenvalue weighted by molar-refractivity contribution is 9.10. The highest BCUT2D eigenvalue weighted by Gasteiger charge is 2.13. The lowest BCUT2D eigenvalue weighted by atomic mass is 10.2. The van der Waals surface area contributed by atoms with Gasteiger partial charge in [0.2, 0.25) is 0 Å². The van der Waals surface area contributed by atoms with Gasteiger partial charge in [0.05, 0.1) is 21.2 Å². The Bertz CT molecular complexity index is 568. The molecule has 0 aliphatic rings. The Balaban J connectivity index is 2.18. The first-order chi connectivity index (χ1) is 8.47. The number of thiazole rings is 1. The summed E-state index contributed by atoms with van der Waals surface area (Å²) in [6.07, 6.45) is 0. The predicted octanol–water partition coefficient (Wildman–Crippen LogP) is 4.83. The molecule has 1 unspecified atom stereocenters. The molecule has 96 valence electrons. The van der Waals surface area contributed by atoms with Crippen molar-refractivity contribution in [3.05, 3.63) is 44.1 Å². The minimum atomic E-state index is -0.252. The number of rotatable bonds is 3. The maximum atomic E-state index is 13.1. The second kappa shape index (κ2) is 5.36. The van der Waals surface area contributed by atoms with Gasteiger partial charge in [-0.05, 0) is 54.9 Å². The zero-order valence-electron chi connectivity index (χ0n) is 10.4. The van der Waals surface area contributed by atoms with Gasteiger partial charge in [-0.25, -0.2) is 9.37 Å². The lowest BCUT2D eigenvalue weighted by molar-refractivity contribution is 0.621. The smallest absolute Gasteiger partial charge is 0.137 e. The molecule has 0 fully saturated rings. The van der Waals surface area contributed by atoms with Crippen LogP contribution in [0.1, 0.15) is 28.5 Å². The van der Waals surface area contributed by atoms with E-state index in [9.17, 15) is 4.39 Å². The molecule has 1 N–H and O–H groups in total. The van der Waals surface area contributed by atoms with Gasteiger partial charge in [-0.15, -0.1) is 11.3 Å². The first kappa shape index (κ1) is 13.5. The van der Waals surface area contributed by atoms with E-state index in [4.69, 9.17) is 0 Å². The zero-order chi connectivity index (χ0) is 13.3. The highest BCUT2D eigenvalue weighted by atomic mass is 79.9. The van der Waals surface area contributed by atoms with Gasteiger partial charge in [0.15, 0.2) is 0 Å². The fraction of sp³-hybridized carbons (Fsp3) is 0.308. The van der Waals surface area contributed by atoms with Crippen molar-refractivity contribution in [2.75, 3.05) is 5.32 Å². The second-order valence-corrected chi connectivity index (χ2v) is 6.27. The average Bonchev–Trinajstić information content (AvgIpc) is 2.63. The van der Waals surface area contributed by atoms with Crippen LogP contribution >= 0.6 is 27.3 Å². The van der Waals surface area contributed by atoms with E-state index < -0.39 is 0 Å². The van der Waals surface area contributed by atoms with Gasteiger partial charge in [-0.3, -0.25) is 0 Å². The van der Waals surface area contributed by atoms with Crippen molar-refractivity contribution in [1.82, 2.24) is 4.98 Å². The predicted molar refractivity (Wildman–Crippen MR) is 77.7 cm³/mol. The maximum Gasteiger partial charge on any atom is 0.137 e. The van der Waals surface area contributed by atoms with Crippen LogP contribution in [-0.4, -0.2) is 4.98 Å². The number of hydrogen-bond acceptors (Lipinski definition) is 3. The molecule has 1 aromatic heterocycles. The van der Waals surface area contributed by atoms with E-state index in [0.29, 0.717) is 4.47 Å². The van der Waals surface area contributed by atoms with E-state index >= 15 is 0 Å². The quantitative estimate of drug-likeness (QED) is 0.872. The van der Waals surface area contributed by atoms with Crippen molar-refractivity contribution < 1.29 is 4.39 Å². The largest absolute Gasteiger partial charge is 0.378 e. The third-order valence-corrected chi connectivity index (χ3v) is 4.50. The van der Waals surface area contributed by atoms with Crippen LogP contribution in [0, 0.1) is 19.7 Å². The normalized spacial score (nSPS) is 12.5. The summed E-state index contributed by atoms with van der Waals surface area (Å²) < 4.78 is 13.6. The third kappa shape index (κ3) is 2.90. The number of anilines is 1. The number of halogens is 2. The van der Waals surface area contributed by atoms with E-state index in [1.807, 2.05) is 13.8 Å². The number of hydrogen-bond donors (Lipinski definition) is 1. The molecule has 1 heterocycles. The Labute approximate surface area is 118 Å². The molecule has 2 nitrogen and oxygen atoms in total. The number of nitrogens with zero attached hydrogens (tertiary/aromatic N) is 1. The minimum Gasteiger partial charge on any atom is -0.378 e. The fourth-order valence-corrected chi connectivity index (χ4v) is 3.16. The van der Waals surface area contributed by atoms with E-state index in [0.717, 1.165) is 16.4 Å². The Kier molecular flexibility index (Phi) is 4.02. The molecule has 1 atom stereocenters. The van der Waals surface area contributed by atoms with Crippen molar-refractivity contribution in [3.63, 3.8) is 0 Å². The van der Waals surface area contributed by atoms with Crippen molar-refractivity contribution in [1.29, 1.82) is 0 Å². The Morgan fingerprint density at radius 2 is 2.11 bits per heavy atom. The number of aryl methyl sites for hydroxylation is 2. The Morgan fingerprint density at radius 3 is 2.67 bits per heavy atom. The maximum absolute atomic E-state index is 13.1. The number of benzene rings is 1. The zero-order valence-corrected chi connectivity index (χ0v) is 12.8. The molecule has 0 radical (unpaired) electrons. The fourth-order valence-electron chi connectivity index (χ4n) is 1.85. The molecule has 0 saturated heterocycles. The molecular weight excluding hydrogens is 315 g/mol. The van der Waals surface area contributed by atoms with Crippen molar-refractivity contribution >= 4 is 33.0 Å². The summed E-state index contributed by atoms with van der Waals surface area (Å²) in [7, 11) is 0. The molecule has 0 spiro atoms. The van der Waals surface area contributed by atoms with Crippen LogP contribution in [-0.2, 0) is 0 Å². The Hall–Kier alpha value is -0.940. The molecule has 0 aliphatic carbocycles. The summed E-state index contributed by atoms with van der Waals surface area (Å²) >= 11 is 4.88. The van der Waals surface area contributed by atoms with Crippen LogP contribution in [0.4, 0.5) is 10.1 Å². The molecule has 5 heteroatoms. The van der Waals surface area contributed by atoms with Gasteiger partial charge in [0, 0.05) is 10.6 Å². The van der Waals surface area contributed by atoms with Gasteiger partial charge in [0.1, 0.15) is 5.82 Å². The summed E-state index contributed by atoms with van der Waals surface area (Å²) in [4.78, 5) is 5.63. The summed E-state index contributed by atoms with van der Waals surface area (Å²) in [5, 5.41) is 4.42. The minimum absolute atomic E-state index is 0.161. The van der Waals surface area contributed by atoms with Gasteiger partial charge >= 0.3 is 0 Å². The lowest BCUT2D eigenvalue weighted by Crippen LogP contribution is -2.06. The monoisotopic (exact) mass is 328 g/mol. The summed E-state index contributed by atoms with van der Waals surface area (Å²) in [6.45, 7) is 6.09. The molecule has 18 heavy (non-hydrogen) atoms. The van der Waals surface area contributed by atoms with Gasteiger partial charge < -0.3 is 5.32 Å². The summed E-state index contributed by atoms with van der Waals surface area (Å²) in [5.41, 5.74) is 1.94. The molecule has 0 saturated carbocycles. The second-order valence-electron chi connectivity index (χ2n) is 4.18. The van der Waals surface area contributed by atoms with E-state index in [1.165, 1.54) is 10.9 Å². The van der Waals surface area contributed by atoms with Crippen LogP contribution in [0.2, 0.25) is 0 Å². The van der Waals surface area contributed by atoms with E-state index in [-0.39, 0.29) is 11.9 Å². The van der Waals surface area contributed by atoms with Crippen LogP contribution in [0.25, 0.3) is 0 Å². The van der Waals surface area contributed by atoms with Gasteiger partial charge in [-0.1, -0.05) is 0 Å². The van der Waals surface area contributed by atoms with Crippen molar-refractivity contribution in [2.24, 2.45) is 0 Å². The highest BCUT2D eigenvalue weighted by Crippen LogP contribution is 2.28. The van der Waals surface area contributed by atoms with E-state index in [2.05, 4.69) is 33.2 Å². The summed E-state index contributed by atoms with van der Waals surface area (Å²) in [6, 6.07) is 5.09. The molecular formula is C13H14BrFN2S. The van der Waals surface area contributed by atoms with Crippen molar-refractivity contribution in [3.8, 4) is 0 Å². The van der Waals surface area contributed by atoms with Crippen LogP contribution in [0.15, 0.2) is 22.7 Å². The summed E-state index contributed by atoms with van der Waals surface area (Å²) in [5.74, 6) is -0.252. The van der Waals surface area contributed by atoms with Gasteiger partial charge in [0.25, 0.3) is 0 Å². The first-order valence-corrected chi connectivity index (χ1v) is 7.24. The Morgan fingerprint density at radius 1 is 1.39 bits per heavy atom. The molecule has 2 aromatic rings. The van der Waals surface area contributed by atoms with Crippen LogP contribution < -0.4 is 5.32 Å². The van der Waals surface area contributed by atoms with Gasteiger partial charge in [-0.2, -0.15) is 0 Å². The molecule has 2 rings (SSSR count). The third-order valence-electron chi connectivity index (χ3n) is 2.64. The van der Waals surface area contributed by atoms with Crippen LogP contribution in [0.5, 0.6) is 0 Å². The average molecular weight is 329 g/mol. The van der Waals surface area contributed by atoms with Crippen LogP contribution in [0.3, 0.4) is 0 Å².